The molecule has 0 spiro atoms. The van der Waals surface area contributed by atoms with E-state index < -0.39 is 0 Å². The Kier molecular flexibility index (Phi) is 8.29. The quantitative estimate of drug-likeness (QED) is 0.770. The lowest BCUT2D eigenvalue weighted by atomic mass is 10.1. The Labute approximate surface area is 146 Å². The molecule has 2 amide bonds. The van der Waals surface area contributed by atoms with Gasteiger partial charge in [-0.2, -0.15) is 0 Å². The molecule has 2 saturated heterocycles. The minimum absolute atomic E-state index is 0.0567. The largest absolute Gasteiger partial charge is 0.376 e. The zero-order valence-electron chi connectivity index (χ0n) is 15.6. The van der Waals surface area contributed by atoms with Gasteiger partial charge in [-0.3, -0.25) is 0 Å². The van der Waals surface area contributed by atoms with Crippen molar-refractivity contribution in [3.05, 3.63) is 0 Å². The second-order valence-electron chi connectivity index (χ2n) is 7.31. The maximum absolute atomic E-state index is 12.2. The summed E-state index contributed by atoms with van der Waals surface area (Å²) in [5.74, 6) is 0. The van der Waals surface area contributed by atoms with E-state index in [0.29, 0.717) is 19.2 Å². The number of urea groups is 1. The molecule has 0 aromatic rings. The molecule has 0 aromatic carbocycles. The van der Waals surface area contributed by atoms with Crippen molar-refractivity contribution in [1.82, 2.24) is 15.1 Å². The lowest BCUT2D eigenvalue weighted by molar-refractivity contribution is -0.0728. The van der Waals surface area contributed by atoms with Gasteiger partial charge >= 0.3 is 6.03 Å². The molecular weight excluding hydrogens is 306 g/mol. The molecule has 2 fully saturated rings. The van der Waals surface area contributed by atoms with E-state index in [4.69, 9.17) is 9.47 Å². The van der Waals surface area contributed by atoms with E-state index >= 15 is 0 Å². The van der Waals surface area contributed by atoms with Crippen LogP contribution in [0.2, 0.25) is 0 Å². The Bertz CT molecular complexity index is 365. The third-order valence-corrected chi connectivity index (χ3v) is 5.14. The Balaban J connectivity index is 1.57. The molecule has 6 heteroatoms. The SMILES string of the molecule is CC(C)N(C)CCNC(=O)N1CCC(OCC2CCCCO2)CC1. The van der Waals surface area contributed by atoms with Gasteiger partial charge in [-0.1, -0.05) is 0 Å². The lowest BCUT2D eigenvalue weighted by Gasteiger charge is -2.33. The number of likely N-dealkylation sites (tertiary alicyclic amines) is 1. The lowest BCUT2D eigenvalue weighted by Crippen LogP contribution is -2.47. The number of rotatable bonds is 7. The van der Waals surface area contributed by atoms with Crippen LogP contribution < -0.4 is 5.32 Å². The summed E-state index contributed by atoms with van der Waals surface area (Å²) >= 11 is 0. The normalized spacial score (nSPS) is 23.0. The second kappa shape index (κ2) is 10.2. The van der Waals surface area contributed by atoms with Crippen molar-refractivity contribution in [2.24, 2.45) is 0 Å². The number of carbonyl (C=O) groups excluding carboxylic acids is 1. The molecule has 0 bridgehead atoms. The van der Waals surface area contributed by atoms with Gasteiger partial charge in [0.05, 0.1) is 18.8 Å². The third-order valence-electron chi connectivity index (χ3n) is 5.14. The molecule has 1 N–H and O–H groups in total. The van der Waals surface area contributed by atoms with Crippen LogP contribution in [-0.2, 0) is 9.47 Å². The average molecular weight is 341 g/mol. The minimum Gasteiger partial charge on any atom is -0.376 e. The first-order chi connectivity index (χ1) is 11.6. The molecule has 1 unspecified atom stereocenters. The van der Waals surface area contributed by atoms with E-state index in [-0.39, 0.29) is 18.2 Å². The smallest absolute Gasteiger partial charge is 0.317 e. The van der Waals surface area contributed by atoms with Crippen molar-refractivity contribution in [3.63, 3.8) is 0 Å². The number of piperidine rings is 1. The molecule has 2 rings (SSSR count). The van der Waals surface area contributed by atoms with Gasteiger partial charge in [-0.15, -0.1) is 0 Å². The average Bonchev–Trinajstić information content (AvgIpc) is 2.61. The standard InChI is InChI=1S/C18H35N3O3/c1-15(2)20(3)12-9-19-18(22)21-10-7-16(8-11-21)24-14-17-6-4-5-13-23-17/h15-17H,4-14H2,1-3H3,(H,19,22). The van der Waals surface area contributed by atoms with Crippen molar-refractivity contribution < 1.29 is 14.3 Å². The van der Waals surface area contributed by atoms with Crippen molar-refractivity contribution in [2.75, 3.05) is 46.4 Å². The third kappa shape index (κ3) is 6.57. The highest BCUT2D eigenvalue weighted by Crippen LogP contribution is 2.17. The summed E-state index contributed by atoms with van der Waals surface area (Å²) in [4.78, 5) is 16.3. The predicted octanol–water partition coefficient (Wildman–Crippen LogP) is 2.09. The molecule has 2 heterocycles. The number of likely N-dealkylation sites (N-methyl/N-ethyl adjacent to an activating group) is 1. The van der Waals surface area contributed by atoms with Crippen molar-refractivity contribution in [3.8, 4) is 0 Å². The molecule has 0 aromatic heterocycles. The first-order valence-electron chi connectivity index (χ1n) is 9.52. The molecular formula is C18H35N3O3. The van der Waals surface area contributed by atoms with E-state index in [1.54, 1.807) is 0 Å². The number of hydrogen-bond donors (Lipinski definition) is 1. The van der Waals surface area contributed by atoms with Gasteiger partial charge in [0.1, 0.15) is 0 Å². The fourth-order valence-electron chi connectivity index (χ4n) is 3.12. The topological polar surface area (TPSA) is 54.0 Å². The van der Waals surface area contributed by atoms with Crippen LogP contribution in [0, 0.1) is 0 Å². The highest BCUT2D eigenvalue weighted by molar-refractivity contribution is 5.74. The molecule has 0 saturated carbocycles. The number of ether oxygens (including phenoxy) is 2. The summed E-state index contributed by atoms with van der Waals surface area (Å²) in [6.07, 6.45) is 5.93. The molecule has 0 aliphatic carbocycles. The first-order valence-corrected chi connectivity index (χ1v) is 9.52. The van der Waals surface area contributed by atoms with Gasteiger partial charge in [-0.05, 0) is 53.0 Å². The Hall–Kier alpha value is -0.850. The maximum atomic E-state index is 12.2. The highest BCUT2D eigenvalue weighted by Gasteiger charge is 2.24. The summed E-state index contributed by atoms with van der Waals surface area (Å²) < 4.78 is 11.7. The van der Waals surface area contributed by atoms with Gasteiger partial charge in [0.2, 0.25) is 0 Å². The molecule has 2 aliphatic rings. The van der Waals surface area contributed by atoms with Crippen LogP contribution in [0.15, 0.2) is 0 Å². The fraction of sp³-hybridized carbons (Fsp3) is 0.944. The summed E-state index contributed by atoms with van der Waals surface area (Å²) in [7, 11) is 2.08. The first kappa shape index (κ1) is 19.5. The van der Waals surface area contributed by atoms with Gasteiger partial charge < -0.3 is 24.6 Å². The van der Waals surface area contributed by atoms with Crippen LogP contribution in [0.25, 0.3) is 0 Å². The van der Waals surface area contributed by atoms with E-state index in [0.717, 1.165) is 45.5 Å². The fourth-order valence-corrected chi connectivity index (χ4v) is 3.12. The summed E-state index contributed by atoms with van der Waals surface area (Å²) in [5, 5.41) is 3.02. The van der Waals surface area contributed by atoms with Crippen LogP contribution >= 0.6 is 0 Å². The summed E-state index contributed by atoms with van der Waals surface area (Å²) in [6.45, 7) is 9.03. The van der Waals surface area contributed by atoms with Gasteiger partial charge in [-0.25, -0.2) is 4.79 Å². The van der Waals surface area contributed by atoms with E-state index in [1.807, 2.05) is 4.90 Å². The molecule has 1 atom stereocenters. The number of carbonyl (C=O) groups is 1. The summed E-state index contributed by atoms with van der Waals surface area (Å²) in [6, 6.07) is 0.559. The van der Waals surface area contributed by atoms with Crippen LogP contribution in [0.5, 0.6) is 0 Å². The molecule has 2 aliphatic heterocycles. The van der Waals surface area contributed by atoms with Crippen molar-refractivity contribution >= 4 is 6.03 Å². The van der Waals surface area contributed by atoms with Gasteiger partial charge in [0, 0.05) is 38.8 Å². The highest BCUT2D eigenvalue weighted by atomic mass is 16.5. The Morgan fingerprint density at radius 3 is 2.67 bits per heavy atom. The van der Waals surface area contributed by atoms with Crippen molar-refractivity contribution in [1.29, 1.82) is 0 Å². The van der Waals surface area contributed by atoms with Crippen molar-refractivity contribution in [2.45, 2.75) is 64.2 Å². The van der Waals surface area contributed by atoms with E-state index in [2.05, 4.69) is 31.1 Å². The monoisotopic (exact) mass is 341 g/mol. The second-order valence-corrected chi connectivity index (χ2v) is 7.31. The molecule has 6 nitrogen and oxygen atoms in total. The van der Waals surface area contributed by atoms with Crippen LogP contribution in [0.3, 0.4) is 0 Å². The Morgan fingerprint density at radius 1 is 1.29 bits per heavy atom. The summed E-state index contributed by atoms with van der Waals surface area (Å²) in [5.41, 5.74) is 0. The number of nitrogens with zero attached hydrogens (tertiary/aromatic N) is 2. The van der Waals surface area contributed by atoms with Gasteiger partial charge in [0.15, 0.2) is 0 Å². The van der Waals surface area contributed by atoms with Crippen LogP contribution in [0.1, 0.15) is 46.0 Å². The number of hydrogen-bond acceptors (Lipinski definition) is 4. The minimum atomic E-state index is 0.0567. The van der Waals surface area contributed by atoms with E-state index in [9.17, 15) is 4.79 Å². The van der Waals surface area contributed by atoms with Crippen LogP contribution in [-0.4, -0.2) is 80.5 Å². The molecule has 0 radical (unpaired) electrons. The predicted molar refractivity (Wildman–Crippen MR) is 95.3 cm³/mol. The van der Waals surface area contributed by atoms with Crippen LogP contribution in [0.4, 0.5) is 4.79 Å². The molecule has 24 heavy (non-hydrogen) atoms. The zero-order valence-corrected chi connectivity index (χ0v) is 15.6. The number of nitrogens with one attached hydrogen (secondary N) is 1. The molecule has 140 valence electrons. The van der Waals surface area contributed by atoms with Gasteiger partial charge in [0.25, 0.3) is 0 Å². The number of amides is 2. The maximum Gasteiger partial charge on any atom is 0.317 e. The Morgan fingerprint density at radius 2 is 2.04 bits per heavy atom. The zero-order chi connectivity index (χ0) is 17.4. The van der Waals surface area contributed by atoms with E-state index in [1.165, 1.54) is 12.8 Å².